The van der Waals surface area contributed by atoms with Crippen molar-refractivity contribution < 1.29 is 5.11 Å². The van der Waals surface area contributed by atoms with Gasteiger partial charge in [0, 0.05) is 18.6 Å². The fourth-order valence-electron chi connectivity index (χ4n) is 2.01. The summed E-state index contributed by atoms with van der Waals surface area (Å²) in [5, 5.41) is 9.07. The Kier molecular flexibility index (Phi) is 3.97. The van der Waals surface area contributed by atoms with Gasteiger partial charge >= 0.3 is 0 Å². The quantitative estimate of drug-likeness (QED) is 0.783. The Morgan fingerprint density at radius 3 is 2.76 bits per heavy atom. The second-order valence-electron chi connectivity index (χ2n) is 4.60. The van der Waals surface area contributed by atoms with Crippen molar-refractivity contribution in [3.05, 3.63) is 24.0 Å². The van der Waals surface area contributed by atoms with Crippen molar-refractivity contribution in [3.8, 4) is 0 Å². The van der Waals surface area contributed by atoms with Crippen LogP contribution in [0.1, 0.15) is 37.9 Å². The first-order chi connectivity index (χ1) is 8.26. The Morgan fingerprint density at radius 1 is 1.53 bits per heavy atom. The van der Waals surface area contributed by atoms with E-state index >= 15 is 0 Å². The minimum atomic E-state index is 0.0243. The first kappa shape index (κ1) is 12.3. The number of aliphatic hydroxyl groups is 1. The van der Waals surface area contributed by atoms with Crippen LogP contribution >= 0.6 is 0 Å². The summed E-state index contributed by atoms with van der Waals surface area (Å²) in [4.78, 5) is 6.64. The lowest BCUT2D eigenvalue weighted by molar-refractivity contribution is 0.301. The van der Waals surface area contributed by atoms with Gasteiger partial charge in [0.15, 0.2) is 0 Å². The molecule has 4 nitrogen and oxygen atoms in total. The largest absolute Gasteiger partial charge is 0.395 e. The number of aromatic nitrogens is 1. The molecule has 1 saturated carbocycles. The molecule has 1 aromatic rings. The minimum Gasteiger partial charge on any atom is -0.395 e. The Morgan fingerprint density at radius 2 is 2.29 bits per heavy atom. The van der Waals surface area contributed by atoms with Crippen LogP contribution in [0.3, 0.4) is 0 Å². The van der Waals surface area contributed by atoms with Gasteiger partial charge in [-0.25, -0.2) is 0 Å². The average Bonchev–Trinajstić information content (AvgIpc) is 3.19. The van der Waals surface area contributed by atoms with Gasteiger partial charge < -0.3 is 15.7 Å². The Labute approximate surface area is 102 Å². The molecule has 1 aliphatic rings. The Balaban J connectivity index is 2.09. The van der Waals surface area contributed by atoms with Crippen LogP contribution in [0.25, 0.3) is 0 Å². The predicted molar refractivity (Wildman–Crippen MR) is 68.9 cm³/mol. The second kappa shape index (κ2) is 5.47. The Bertz CT molecular complexity index is 348. The molecule has 2 rings (SSSR count). The molecule has 1 heterocycles. The number of anilines is 1. The molecular formula is C13H21N3O. The molecule has 1 atom stereocenters. The van der Waals surface area contributed by atoms with Crippen molar-refractivity contribution in [3.63, 3.8) is 0 Å². The zero-order chi connectivity index (χ0) is 12.3. The number of hydrogen-bond acceptors (Lipinski definition) is 4. The lowest BCUT2D eigenvalue weighted by Crippen LogP contribution is -2.29. The minimum absolute atomic E-state index is 0.0243. The van der Waals surface area contributed by atoms with Gasteiger partial charge in [0.25, 0.3) is 0 Å². The molecule has 0 amide bonds. The van der Waals surface area contributed by atoms with Crippen LogP contribution in [0.2, 0.25) is 0 Å². The van der Waals surface area contributed by atoms with E-state index in [1.54, 1.807) is 0 Å². The van der Waals surface area contributed by atoms with Crippen LogP contribution in [-0.4, -0.2) is 29.3 Å². The monoisotopic (exact) mass is 235 g/mol. The van der Waals surface area contributed by atoms with E-state index in [9.17, 15) is 0 Å². The topological polar surface area (TPSA) is 62.4 Å². The molecule has 1 aliphatic carbocycles. The highest BCUT2D eigenvalue weighted by Gasteiger charge is 2.28. The van der Waals surface area contributed by atoms with Gasteiger partial charge in [-0.1, -0.05) is 6.92 Å². The third-order valence-corrected chi connectivity index (χ3v) is 3.25. The van der Waals surface area contributed by atoms with Gasteiger partial charge in [0.2, 0.25) is 0 Å². The van der Waals surface area contributed by atoms with Crippen molar-refractivity contribution in [2.45, 2.75) is 38.3 Å². The standard InChI is InChI=1S/C13H21N3O/c1-2-12(14)13-6-5-11(9-15-13)16(7-8-17)10-3-4-10/h5-6,9-10,12,17H,2-4,7-8,14H2,1H3. The number of nitrogens with zero attached hydrogens (tertiary/aromatic N) is 2. The molecule has 0 saturated heterocycles. The zero-order valence-electron chi connectivity index (χ0n) is 10.3. The third-order valence-electron chi connectivity index (χ3n) is 3.25. The van der Waals surface area contributed by atoms with E-state index in [0.29, 0.717) is 12.6 Å². The molecule has 1 unspecified atom stereocenters. The van der Waals surface area contributed by atoms with E-state index in [1.807, 2.05) is 12.3 Å². The normalized spacial score (nSPS) is 16.9. The first-order valence-corrected chi connectivity index (χ1v) is 6.35. The SMILES string of the molecule is CCC(N)c1ccc(N(CCO)C2CC2)cn1. The third kappa shape index (κ3) is 2.96. The molecule has 1 fully saturated rings. The van der Waals surface area contributed by atoms with Gasteiger partial charge in [-0.3, -0.25) is 4.98 Å². The maximum absolute atomic E-state index is 9.07. The van der Waals surface area contributed by atoms with Gasteiger partial charge in [-0.2, -0.15) is 0 Å². The first-order valence-electron chi connectivity index (χ1n) is 6.35. The molecule has 3 N–H and O–H groups in total. The number of hydrogen-bond donors (Lipinski definition) is 2. The molecule has 0 radical (unpaired) electrons. The summed E-state index contributed by atoms with van der Waals surface area (Å²) in [5.74, 6) is 0. The second-order valence-corrected chi connectivity index (χ2v) is 4.60. The van der Waals surface area contributed by atoms with Crippen molar-refractivity contribution in [2.75, 3.05) is 18.1 Å². The smallest absolute Gasteiger partial charge is 0.0606 e. The van der Waals surface area contributed by atoms with Gasteiger partial charge in [0.1, 0.15) is 0 Å². The van der Waals surface area contributed by atoms with Crippen LogP contribution in [0, 0.1) is 0 Å². The lowest BCUT2D eigenvalue weighted by atomic mass is 10.1. The summed E-state index contributed by atoms with van der Waals surface area (Å²) in [6.07, 6.45) is 5.21. The van der Waals surface area contributed by atoms with E-state index in [2.05, 4.69) is 22.9 Å². The molecule has 17 heavy (non-hydrogen) atoms. The summed E-state index contributed by atoms with van der Waals surface area (Å²) in [7, 11) is 0. The summed E-state index contributed by atoms with van der Waals surface area (Å²) in [5.41, 5.74) is 7.97. The van der Waals surface area contributed by atoms with Crippen LogP contribution in [-0.2, 0) is 0 Å². The molecule has 0 bridgehead atoms. The highest BCUT2D eigenvalue weighted by Crippen LogP contribution is 2.31. The van der Waals surface area contributed by atoms with Crippen molar-refractivity contribution >= 4 is 5.69 Å². The molecule has 0 aromatic carbocycles. The number of aliphatic hydroxyl groups excluding tert-OH is 1. The van der Waals surface area contributed by atoms with Crippen molar-refractivity contribution in [1.82, 2.24) is 4.98 Å². The fraction of sp³-hybridized carbons (Fsp3) is 0.615. The fourth-order valence-corrected chi connectivity index (χ4v) is 2.01. The molecule has 94 valence electrons. The van der Waals surface area contributed by atoms with E-state index < -0.39 is 0 Å². The van der Waals surface area contributed by atoms with E-state index in [0.717, 1.165) is 17.8 Å². The molecule has 1 aromatic heterocycles. The summed E-state index contributed by atoms with van der Waals surface area (Å²) in [6, 6.07) is 4.67. The number of nitrogens with two attached hydrogens (primary N) is 1. The van der Waals surface area contributed by atoms with Gasteiger partial charge in [-0.15, -0.1) is 0 Å². The van der Waals surface area contributed by atoms with Crippen LogP contribution in [0.15, 0.2) is 18.3 Å². The highest BCUT2D eigenvalue weighted by atomic mass is 16.3. The number of rotatable bonds is 6. The van der Waals surface area contributed by atoms with Crippen molar-refractivity contribution in [2.24, 2.45) is 5.73 Å². The summed E-state index contributed by atoms with van der Waals surface area (Å²) < 4.78 is 0. The molecular weight excluding hydrogens is 214 g/mol. The molecule has 0 aliphatic heterocycles. The maximum atomic E-state index is 9.07. The zero-order valence-corrected chi connectivity index (χ0v) is 10.3. The van der Waals surface area contributed by atoms with Crippen LogP contribution in [0.4, 0.5) is 5.69 Å². The average molecular weight is 235 g/mol. The lowest BCUT2D eigenvalue weighted by Gasteiger charge is -2.23. The number of pyridine rings is 1. The molecule has 0 spiro atoms. The van der Waals surface area contributed by atoms with Gasteiger partial charge in [0.05, 0.1) is 24.2 Å². The Hall–Kier alpha value is -1.13. The van der Waals surface area contributed by atoms with E-state index in [1.165, 1.54) is 12.8 Å². The van der Waals surface area contributed by atoms with Gasteiger partial charge in [-0.05, 0) is 31.4 Å². The molecule has 4 heteroatoms. The summed E-state index contributed by atoms with van der Waals surface area (Å²) in [6.45, 7) is 2.93. The van der Waals surface area contributed by atoms with E-state index in [-0.39, 0.29) is 12.6 Å². The van der Waals surface area contributed by atoms with E-state index in [4.69, 9.17) is 10.8 Å². The van der Waals surface area contributed by atoms with Crippen LogP contribution < -0.4 is 10.6 Å². The highest BCUT2D eigenvalue weighted by molar-refractivity contribution is 5.47. The van der Waals surface area contributed by atoms with Crippen LogP contribution in [0.5, 0.6) is 0 Å². The maximum Gasteiger partial charge on any atom is 0.0606 e. The summed E-state index contributed by atoms with van der Waals surface area (Å²) >= 11 is 0. The van der Waals surface area contributed by atoms with Crippen molar-refractivity contribution in [1.29, 1.82) is 0 Å². The predicted octanol–water partition coefficient (Wildman–Crippen LogP) is 1.45.